The molecule has 0 saturated heterocycles. The van der Waals surface area contributed by atoms with Crippen LogP contribution in [-0.2, 0) is 14.6 Å². The van der Waals surface area contributed by atoms with Crippen LogP contribution in [0.2, 0.25) is 0 Å². The molecule has 0 aliphatic rings. The summed E-state index contributed by atoms with van der Waals surface area (Å²) in [6, 6.07) is 8.39. The van der Waals surface area contributed by atoms with Crippen molar-refractivity contribution in [2.24, 2.45) is 0 Å². The fourth-order valence-electron chi connectivity index (χ4n) is 2.03. The zero-order chi connectivity index (χ0) is 16.9. The Kier molecular flexibility index (Phi) is 6.15. The summed E-state index contributed by atoms with van der Waals surface area (Å²) in [5.74, 6) is -0.620. The van der Waals surface area contributed by atoms with Crippen LogP contribution in [0.5, 0.6) is 0 Å². The summed E-state index contributed by atoms with van der Waals surface area (Å²) in [5.41, 5.74) is 0.422. The molecular formula is C15H15ClFNO3S2. The third kappa shape index (κ3) is 4.53. The number of nitrogens with one attached hydrogen (secondary N) is 1. The van der Waals surface area contributed by atoms with Crippen LogP contribution >= 0.6 is 22.9 Å². The Morgan fingerprint density at radius 1 is 1.26 bits per heavy atom. The van der Waals surface area contributed by atoms with Crippen molar-refractivity contribution in [2.45, 2.75) is 15.9 Å². The Hall–Kier alpha value is -1.44. The van der Waals surface area contributed by atoms with E-state index in [1.165, 1.54) is 30.3 Å². The highest BCUT2D eigenvalue weighted by Crippen LogP contribution is 2.31. The maximum absolute atomic E-state index is 13.1. The van der Waals surface area contributed by atoms with Crippen molar-refractivity contribution in [2.75, 3.05) is 12.4 Å². The molecule has 0 spiro atoms. The molecule has 1 aromatic carbocycles. The van der Waals surface area contributed by atoms with Gasteiger partial charge in [0.15, 0.2) is 9.84 Å². The highest BCUT2D eigenvalue weighted by Gasteiger charge is 2.30. The molecule has 0 fully saturated rings. The van der Waals surface area contributed by atoms with Crippen molar-refractivity contribution in [3.05, 3.63) is 53.2 Å². The lowest BCUT2D eigenvalue weighted by atomic mass is 10.1. The Morgan fingerprint density at radius 3 is 2.52 bits per heavy atom. The maximum atomic E-state index is 13.1. The first-order chi connectivity index (χ1) is 10.9. The van der Waals surface area contributed by atoms with Gasteiger partial charge in [0.1, 0.15) is 15.3 Å². The number of hydrogen-bond donors (Lipinski definition) is 1. The minimum Gasteiger partial charge on any atom is -0.354 e. The quantitative estimate of drug-likeness (QED) is 0.756. The summed E-state index contributed by atoms with van der Waals surface area (Å²) in [7, 11) is -3.69. The van der Waals surface area contributed by atoms with Crippen LogP contribution in [0.1, 0.15) is 17.2 Å². The van der Waals surface area contributed by atoms with E-state index in [0.29, 0.717) is 5.56 Å². The van der Waals surface area contributed by atoms with Crippen LogP contribution in [0, 0.1) is 5.82 Å². The fraction of sp³-hybridized carbons (Fsp3) is 0.267. The van der Waals surface area contributed by atoms with Crippen LogP contribution in [0.3, 0.4) is 0 Å². The van der Waals surface area contributed by atoms with Crippen LogP contribution in [-0.4, -0.2) is 26.7 Å². The highest BCUT2D eigenvalue weighted by atomic mass is 35.5. The first kappa shape index (κ1) is 17.9. The van der Waals surface area contributed by atoms with Crippen molar-refractivity contribution >= 4 is 38.7 Å². The van der Waals surface area contributed by atoms with Crippen LogP contribution in [0.25, 0.3) is 0 Å². The molecule has 0 bridgehead atoms. The first-order valence-electron chi connectivity index (χ1n) is 6.80. The average molecular weight is 376 g/mol. The van der Waals surface area contributed by atoms with Gasteiger partial charge in [0.05, 0.1) is 0 Å². The summed E-state index contributed by atoms with van der Waals surface area (Å²) < 4.78 is 38.9. The lowest BCUT2D eigenvalue weighted by Gasteiger charge is -2.18. The zero-order valence-corrected chi connectivity index (χ0v) is 14.4. The SMILES string of the molecule is O=C(CCCl)NC[C@@H](c1ccc(F)cc1)S(=O)(=O)c1cccs1. The summed E-state index contributed by atoms with van der Waals surface area (Å²) in [6.07, 6.45) is 0.108. The van der Waals surface area contributed by atoms with Gasteiger partial charge in [-0.2, -0.15) is 0 Å². The summed E-state index contributed by atoms with van der Waals surface area (Å²) in [6.45, 7) is -0.0956. The van der Waals surface area contributed by atoms with Gasteiger partial charge >= 0.3 is 0 Å². The van der Waals surface area contributed by atoms with E-state index in [4.69, 9.17) is 11.6 Å². The number of alkyl halides is 1. The van der Waals surface area contributed by atoms with Crippen LogP contribution in [0.4, 0.5) is 4.39 Å². The molecule has 23 heavy (non-hydrogen) atoms. The molecular weight excluding hydrogens is 361 g/mol. The summed E-state index contributed by atoms with van der Waals surface area (Å²) >= 11 is 6.60. The number of halogens is 2. The Bertz CT molecular complexity index is 746. The van der Waals surface area contributed by atoms with Crippen LogP contribution in [0.15, 0.2) is 46.0 Å². The van der Waals surface area contributed by atoms with Crippen molar-refractivity contribution < 1.29 is 17.6 Å². The van der Waals surface area contributed by atoms with Gasteiger partial charge in [0.2, 0.25) is 5.91 Å². The zero-order valence-electron chi connectivity index (χ0n) is 12.0. The molecule has 0 aliphatic heterocycles. The second-order valence-corrected chi connectivity index (χ2v) is 8.44. The third-order valence-corrected chi connectivity index (χ3v) is 6.92. The van der Waals surface area contributed by atoms with E-state index >= 15 is 0 Å². The number of amides is 1. The molecule has 124 valence electrons. The predicted octanol–water partition coefficient (Wildman–Crippen LogP) is 3.15. The Morgan fingerprint density at radius 2 is 1.96 bits per heavy atom. The van der Waals surface area contributed by atoms with Crippen molar-refractivity contribution in [1.82, 2.24) is 5.32 Å². The second kappa shape index (κ2) is 7.90. The standard InChI is InChI=1S/C15H15ClFNO3S2/c16-8-7-14(19)18-10-13(11-3-5-12(17)6-4-11)23(20,21)15-2-1-9-22-15/h1-6,9,13H,7-8,10H2,(H,18,19)/t13-/m0/s1. The first-order valence-corrected chi connectivity index (χ1v) is 9.76. The van der Waals surface area contributed by atoms with E-state index in [2.05, 4.69) is 5.32 Å². The molecule has 1 aromatic heterocycles. The smallest absolute Gasteiger partial charge is 0.221 e. The molecule has 1 atom stereocenters. The van der Waals surface area contributed by atoms with E-state index in [1.54, 1.807) is 11.4 Å². The van der Waals surface area contributed by atoms with Gasteiger partial charge in [-0.1, -0.05) is 18.2 Å². The van der Waals surface area contributed by atoms with Gasteiger partial charge in [-0.15, -0.1) is 22.9 Å². The predicted molar refractivity (Wildman–Crippen MR) is 89.0 cm³/mol. The van der Waals surface area contributed by atoms with E-state index in [1.807, 2.05) is 0 Å². The Balaban J connectivity index is 2.31. The molecule has 2 aromatic rings. The molecule has 0 unspecified atom stereocenters. The summed E-state index contributed by atoms with van der Waals surface area (Å²) in [5, 5.41) is 3.26. The van der Waals surface area contributed by atoms with E-state index in [0.717, 1.165) is 11.3 Å². The molecule has 1 heterocycles. The molecule has 0 aliphatic carbocycles. The largest absolute Gasteiger partial charge is 0.354 e. The molecule has 1 N–H and O–H groups in total. The number of sulfone groups is 1. The molecule has 1 amide bonds. The monoisotopic (exact) mass is 375 g/mol. The van der Waals surface area contributed by atoms with Crippen molar-refractivity contribution in [3.63, 3.8) is 0 Å². The molecule has 0 radical (unpaired) electrons. The molecule has 8 heteroatoms. The van der Waals surface area contributed by atoms with Gasteiger partial charge in [0, 0.05) is 18.8 Å². The third-order valence-electron chi connectivity index (χ3n) is 3.20. The fourth-order valence-corrected chi connectivity index (χ4v) is 5.07. The number of thiophene rings is 1. The highest BCUT2D eigenvalue weighted by molar-refractivity contribution is 7.93. The van der Waals surface area contributed by atoms with E-state index < -0.39 is 20.9 Å². The number of carbonyl (C=O) groups excluding carboxylic acids is 1. The van der Waals surface area contributed by atoms with E-state index in [9.17, 15) is 17.6 Å². The van der Waals surface area contributed by atoms with E-state index in [-0.39, 0.29) is 29.0 Å². The van der Waals surface area contributed by atoms with Gasteiger partial charge in [-0.25, -0.2) is 12.8 Å². The number of hydrogen-bond acceptors (Lipinski definition) is 4. The Labute approximate surface area is 143 Å². The summed E-state index contributed by atoms with van der Waals surface area (Å²) in [4.78, 5) is 11.6. The van der Waals surface area contributed by atoms with Crippen molar-refractivity contribution in [1.29, 1.82) is 0 Å². The van der Waals surface area contributed by atoms with Gasteiger partial charge < -0.3 is 5.32 Å². The van der Waals surface area contributed by atoms with Crippen LogP contribution < -0.4 is 5.32 Å². The minimum atomic E-state index is -3.69. The number of benzene rings is 1. The lowest BCUT2D eigenvalue weighted by molar-refractivity contribution is -0.120. The molecule has 2 rings (SSSR count). The maximum Gasteiger partial charge on any atom is 0.221 e. The number of rotatable bonds is 7. The van der Waals surface area contributed by atoms with Gasteiger partial charge in [-0.05, 0) is 29.1 Å². The topological polar surface area (TPSA) is 63.2 Å². The number of carbonyl (C=O) groups is 1. The molecule has 0 saturated carbocycles. The van der Waals surface area contributed by atoms with Gasteiger partial charge in [-0.3, -0.25) is 4.79 Å². The lowest BCUT2D eigenvalue weighted by Crippen LogP contribution is -2.31. The minimum absolute atomic E-state index is 0.0956. The second-order valence-electron chi connectivity index (χ2n) is 4.76. The normalized spacial score (nSPS) is 12.8. The average Bonchev–Trinajstić information content (AvgIpc) is 3.04. The molecule has 4 nitrogen and oxygen atoms in total. The van der Waals surface area contributed by atoms with Gasteiger partial charge in [0.25, 0.3) is 0 Å². The van der Waals surface area contributed by atoms with Crippen molar-refractivity contribution in [3.8, 4) is 0 Å².